The summed E-state index contributed by atoms with van der Waals surface area (Å²) in [6.07, 6.45) is 0.760. The fourth-order valence-corrected chi connectivity index (χ4v) is 3.60. The van der Waals surface area contributed by atoms with Crippen molar-refractivity contribution in [1.29, 1.82) is 0 Å². The van der Waals surface area contributed by atoms with Gasteiger partial charge < -0.3 is 10.1 Å². The van der Waals surface area contributed by atoms with Crippen molar-refractivity contribution in [1.82, 2.24) is 5.32 Å². The van der Waals surface area contributed by atoms with Gasteiger partial charge in [-0.25, -0.2) is 0 Å². The molecule has 0 aliphatic carbocycles. The van der Waals surface area contributed by atoms with Crippen LogP contribution in [-0.4, -0.2) is 30.9 Å². The predicted molar refractivity (Wildman–Crippen MR) is 73.8 cm³/mol. The molecule has 0 bridgehead atoms. The topological polar surface area (TPSA) is 38.3 Å². The summed E-state index contributed by atoms with van der Waals surface area (Å²) in [7, 11) is 1.43. The van der Waals surface area contributed by atoms with Crippen LogP contribution in [0, 0.1) is 0 Å². The highest BCUT2D eigenvalue weighted by molar-refractivity contribution is 8.01. The average Bonchev–Trinajstić information content (AvgIpc) is 2.81. The van der Waals surface area contributed by atoms with Crippen LogP contribution in [0.3, 0.4) is 0 Å². The van der Waals surface area contributed by atoms with Gasteiger partial charge in [0.2, 0.25) is 0 Å². The van der Waals surface area contributed by atoms with Crippen LogP contribution in [0.2, 0.25) is 0 Å². The number of rotatable bonds is 7. The van der Waals surface area contributed by atoms with Crippen LogP contribution in [0.5, 0.6) is 0 Å². The number of carbonyl (C=O) groups is 1. The summed E-state index contributed by atoms with van der Waals surface area (Å²) < 4.78 is 6.13. The fourth-order valence-electron chi connectivity index (χ4n) is 1.58. The number of thioether (sulfide) groups is 1. The number of ether oxygens (including phenoxy) is 1. The maximum atomic E-state index is 11.7. The number of hydrogen-bond donors (Lipinski definition) is 1. The summed E-state index contributed by atoms with van der Waals surface area (Å²) in [4.78, 5) is 11.7. The molecule has 0 saturated carbocycles. The van der Waals surface area contributed by atoms with Crippen LogP contribution in [-0.2, 0) is 9.53 Å². The Balaban J connectivity index is 2.46. The first-order valence-corrected chi connectivity index (χ1v) is 7.48. The number of esters is 1. The molecule has 1 atom stereocenters. The number of nitrogens with one attached hydrogen (secondary N) is 1. The summed E-state index contributed by atoms with van der Waals surface area (Å²) in [6.45, 7) is 4.65. The van der Waals surface area contributed by atoms with Crippen LogP contribution >= 0.6 is 23.1 Å². The molecule has 0 aliphatic rings. The third kappa shape index (κ3) is 4.33. The van der Waals surface area contributed by atoms with E-state index >= 15 is 0 Å². The first-order valence-electron chi connectivity index (χ1n) is 5.62. The molecule has 3 nitrogen and oxygen atoms in total. The Bertz CT molecular complexity index is 340. The highest BCUT2D eigenvalue weighted by atomic mass is 32.2. The molecular formula is C12H19NO2S2. The smallest absolute Gasteiger partial charge is 0.325 e. The van der Waals surface area contributed by atoms with Crippen molar-refractivity contribution in [2.24, 2.45) is 0 Å². The van der Waals surface area contributed by atoms with Gasteiger partial charge in [-0.1, -0.05) is 13.0 Å². The number of methoxy groups -OCH3 is 1. The Morgan fingerprint density at radius 2 is 2.41 bits per heavy atom. The summed E-state index contributed by atoms with van der Waals surface area (Å²) in [5.41, 5.74) is -0.576. The van der Waals surface area contributed by atoms with E-state index in [9.17, 15) is 4.79 Å². The van der Waals surface area contributed by atoms with Gasteiger partial charge in [0.15, 0.2) is 0 Å². The largest absolute Gasteiger partial charge is 0.468 e. The highest BCUT2D eigenvalue weighted by Gasteiger charge is 2.32. The van der Waals surface area contributed by atoms with Gasteiger partial charge in [0.05, 0.1) is 11.3 Å². The van der Waals surface area contributed by atoms with E-state index in [1.807, 2.05) is 19.9 Å². The van der Waals surface area contributed by atoms with E-state index in [-0.39, 0.29) is 5.97 Å². The SMILES string of the molecule is CCNC(C)(CCSc1cccs1)C(=O)OC. The summed E-state index contributed by atoms with van der Waals surface area (Å²) in [6, 6.07) is 4.13. The maximum Gasteiger partial charge on any atom is 0.325 e. The van der Waals surface area contributed by atoms with Crippen molar-refractivity contribution in [2.45, 2.75) is 30.0 Å². The van der Waals surface area contributed by atoms with Gasteiger partial charge in [0, 0.05) is 5.75 Å². The lowest BCUT2D eigenvalue weighted by atomic mass is 9.99. The second kappa shape index (κ2) is 7.03. The number of hydrogen-bond acceptors (Lipinski definition) is 5. The molecule has 0 saturated heterocycles. The fraction of sp³-hybridized carbons (Fsp3) is 0.583. The number of thiophene rings is 1. The summed E-state index contributed by atoms with van der Waals surface area (Å²) in [5, 5.41) is 5.27. The lowest BCUT2D eigenvalue weighted by Gasteiger charge is -2.27. The summed E-state index contributed by atoms with van der Waals surface area (Å²) >= 11 is 3.51. The second-order valence-corrected chi connectivity index (χ2v) is 6.23. The monoisotopic (exact) mass is 273 g/mol. The molecule has 17 heavy (non-hydrogen) atoms. The zero-order chi connectivity index (χ0) is 12.7. The van der Waals surface area contributed by atoms with E-state index in [0.717, 1.165) is 18.7 Å². The molecule has 5 heteroatoms. The molecule has 0 fully saturated rings. The third-order valence-electron chi connectivity index (χ3n) is 2.54. The first-order chi connectivity index (χ1) is 8.12. The second-order valence-electron chi connectivity index (χ2n) is 3.88. The van der Waals surface area contributed by atoms with Crippen LogP contribution in [0.25, 0.3) is 0 Å². The molecule has 1 heterocycles. The zero-order valence-corrected chi connectivity index (χ0v) is 12.1. The Labute approximate surface area is 111 Å². The Morgan fingerprint density at radius 1 is 1.65 bits per heavy atom. The predicted octanol–water partition coefficient (Wildman–Crippen LogP) is 2.77. The van der Waals surface area contributed by atoms with Crippen LogP contribution in [0.15, 0.2) is 21.7 Å². The van der Waals surface area contributed by atoms with E-state index in [0.29, 0.717) is 0 Å². The normalized spacial score (nSPS) is 14.3. The molecule has 96 valence electrons. The van der Waals surface area contributed by atoms with E-state index in [4.69, 9.17) is 4.74 Å². The van der Waals surface area contributed by atoms with Gasteiger partial charge in [-0.05, 0) is 31.3 Å². The highest BCUT2D eigenvalue weighted by Crippen LogP contribution is 2.26. The lowest BCUT2D eigenvalue weighted by Crippen LogP contribution is -2.50. The molecule has 0 radical (unpaired) electrons. The van der Waals surface area contributed by atoms with Gasteiger partial charge in [-0.15, -0.1) is 23.1 Å². The quantitative estimate of drug-likeness (QED) is 0.612. The van der Waals surface area contributed by atoms with Crippen molar-refractivity contribution in [3.63, 3.8) is 0 Å². The van der Waals surface area contributed by atoms with E-state index in [1.165, 1.54) is 11.3 Å². The van der Waals surface area contributed by atoms with Crippen molar-refractivity contribution >= 4 is 29.1 Å². The molecule has 1 rings (SSSR count). The van der Waals surface area contributed by atoms with Crippen molar-refractivity contribution in [2.75, 3.05) is 19.4 Å². The molecule has 0 aliphatic heterocycles. The number of likely N-dealkylation sites (N-methyl/N-ethyl adjacent to an activating group) is 1. The molecule has 0 spiro atoms. The first kappa shape index (κ1) is 14.5. The lowest BCUT2D eigenvalue weighted by molar-refractivity contribution is -0.147. The Hall–Kier alpha value is -0.520. The van der Waals surface area contributed by atoms with E-state index in [1.54, 1.807) is 23.1 Å². The number of carbonyl (C=O) groups excluding carboxylic acids is 1. The Kier molecular flexibility index (Phi) is 6.02. The standard InChI is InChI=1S/C12H19NO2S2/c1-4-13-12(2,11(14)15-3)7-9-17-10-6-5-8-16-10/h5-6,8,13H,4,7,9H2,1-3H3. The van der Waals surface area contributed by atoms with E-state index < -0.39 is 5.54 Å². The van der Waals surface area contributed by atoms with Gasteiger partial charge in [0.25, 0.3) is 0 Å². The minimum Gasteiger partial charge on any atom is -0.468 e. The molecular weight excluding hydrogens is 254 g/mol. The van der Waals surface area contributed by atoms with E-state index in [2.05, 4.69) is 16.8 Å². The molecule has 1 aromatic heterocycles. The summed E-state index contributed by atoms with van der Waals surface area (Å²) in [5.74, 6) is 0.713. The minimum absolute atomic E-state index is 0.189. The average molecular weight is 273 g/mol. The van der Waals surface area contributed by atoms with Gasteiger partial charge >= 0.3 is 5.97 Å². The Morgan fingerprint density at radius 3 is 2.94 bits per heavy atom. The maximum absolute atomic E-state index is 11.7. The van der Waals surface area contributed by atoms with Gasteiger partial charge in [-0.2, -0.15) is 0 Å². The van der Waals surface area contributed by atoms with Gasteiger partial charge in [0.1, 0.15) is 5.54 Å². The van der Waals surface area contributed by atoms with Crippen molar-refractivity contribution < 1.29 is 9.53 Å². The van der Waals surface area contributed by atoms with Crippen LogP contribution < -0.4 is 5.32 Å². The zero-order valence-electron chi connectivity index (χ0n) is 10.5. The molecule has 1 unspecified atom stereocenters. The third-order valence-corrected chi connectivity index (χ3v) is 4.68. The molecule has 0 amide bonds. The molecule has 1 N–H and O–H groups in total. The van der Waals surface area contributed by atoms with Crippen molar-refractivity contribution in [3.8, 4) is 0 Å². The van der Waals surface area contributed by atoms with Crippen LogP contribution in [0.4, 0.5) is 0 Å². The molecule has 1 aromatic rings. The minimum atomic E-state index is -0.576. The van der Waals surface area contributed by atoms with Crippen LogP contribution in [0.1, 0.15) is 20.3 Å². The molecule has 0 aromatic carbocycles. The van der Waals surface area contributed by atoms with Gasteiger partial charge in [-0.3, -0.25) is 4.79 Å². The van der Waals surface area contributed by atoms with Crippen molar-refractivity contribution in [3.05, 3.63) is 17.5 Å².